The number of benzene rings is 2. The van der Waals surface area contributed by atoms with E-state index in [9.17, 15) is 13.2 Å². The molecule has 2 aromatic heterocycles. The number of rotatable bonds is 5. The van der Waals surface area contributed by atoms with Crippen LogP contribution in [0.4, 0.5) is 13.2 Å². The van der Waals surface area contributed by atoms with Crippen LogP contribution in [-0.2, 0) is 19.2 Å². The first kappa shape index (κ1) is 23.9. The molecule has 0 N–H and O–H groups in total. The topological polar surface area (TPSA) is 21.7 Å². The SMILES string of the molecule is Cc1cc(C2CCCc3nc(SCc4c(F)c[n+](C)cc4F)n(-c4ccc(F)cc4)c32)ccc1Cl. The Kier molecular flexibility index (Phi) is 6.64. The van der Waals surface area contributed by atoms with Crippen LogP contribution in [0.15, 0.2) is 60.0 Å². The van der Waals surface area contributed by atoms with Crippen LogP contribution >= 0.6 is 23.4 Å². The van der Waals surface area contributed by atoms with E-state index >= 15 is 0 Å². The minimum atomic E-state index is -0.598. The van der Waals surface area contributed by atoms with E-state index in [0.717, 1.165) is 47.5 Å². The Labute approximate surface area is 211 Å². The Morgan fingerprint density at radius 2 is 1.80 bits per heavy atom. The lowest BCUT2D eigenvalue weighted by Gasteiger charge is -2.25. The maximum Gasteiger partial charge on any atom is 0.205 e. The predicted octanol–water partition coefficient (Wildman–Crippen LogP) is 6.84. The molecule has 35 heavy (non-hydrogen) atoms. The zero-order valence-electron chi connectivity index (χ0n) is 19.4. The Balaban J connectivity index is 1.61. The molecule has 1 aliphatic carbocycles. The molecule has 1 unspecified atom stereocenters. The van der Waals surface area contributed by atoms with Gasteiger partial charge in [0.2, 0.25) is 12.4 Å². The fraction of sp³-hybridized carbons (Fsp3) is 0.259. The first-order valence-electron chi connectivity index (χ1n) is 11.4. The number of aromatic nitrogens is 3. The van der Waals surface area contributed by atoms with Crippen LogP contribution in [0.25, 0.3) is 5.69 Å². The van der Waals surface area contributed by atoms with Gasteiger partial charge in [0.15, 0.2) is 16.8 Å². The number of hydrogen-bond acceptors (Lipinski definition) is 2. The fourth-order valence-electron chi connectivity index (χ4n) is 4.69. The van der Waals surface area contributed by atoms with Gasteiger partial charge in [-0.2, -0.15) is 8.78 Å². The average molecular weight is 515 g/mol. The molecule has 0 saturated carbocycles. The van der Waals surface area contributed by atoms with E-state index in [0.29, 0.717) is 10.2 Å². The van der Waals surface area contributed by atoms with Gasteiger partial charge in [0.25, 0.3) is 0 Å². The molecule has 1 atom stereocenters. The van der Waals surface area contributed by atoms with Crippen molar-refractivity contribution in [1.82, 2.24) is 9.55 Å². The minimum absolute atomic E-state index is 0.00426. The zero-order valence-corrected chi connectivity index (χ0v) is 20.9. The van der Waals surface area contributed by atoms with Gasteiger partial charge in [-0.3, -0.25) is 4.57 Å². The van der Waals surface area contributed by atoms with Crippen LogP contribution in [-0.4, -0.2) is 9.55 Å². The third-order valence-electron chi connectivity index (χ3n) is 6.42. The number of thioether (sulfide) groups is 1. The maximum absolute atomic E-state index is 14.5. The molecular formula is C27H24ClF3N3S+. The van der Waals surface area contributed by atoms with E-state index in [4.69, 9.17) is 16.6 Å². The van der Waals surface area contributed by atoms with Crippen LogP contribution in [0.1, 0.15) is 46.8 Å². The molecule has 0 spiro atoms. The van der Waals surface area contributed by atoms with Crippen molar-refractivity contribution in [2.45, 2.75) is 43.0 Å². The van der Waals surface area contributed by atoms with E-state index in [1.54, 1.807) is 19.2 Å². The van der Waals surface area contributed by atoms with Gasteiger partial charge in [-0.25, -0.2) is 13.9 Å². The number of hydrogen-bond donors (Lipinski definition) is 0. The molecule has 3 nitrogen and oxygen atoms in total. The second kappa shape index (κ2) is 9.70. The first-order valence-corrected chi connectivity index (χ1v) is 12.8. The van der Waals surface area contributed by atoms with Crippen LogP contribution < -0.4 is 4.57 Å². The molecule has 0 saturated heterocycles. The van der Waals surface area contributed by atoms with Gasteiger partial charge in [0.05, 0.1) is 11.4 Å². The lowest BCUT2D eigenvalue weighted by Crippen LogP contribution is -2.29. The molecule has 0 amide bonds. The smallest absolute Gasteiger partial charge is 0.205 e. The summed E-state index contributed by atoms with van der Waals surface area (Å²) >= 11 is 7.56. The summed E-state index contributed by atoms with van der Waals surface area (Å²) in [5.41, 5.74) is 4.90. The third-order valence-corrected chi connectivity index (χ3v) is 7.81. The molecule has 0 radical (unpaired) electrons. The van der Waals surface area contributed by atoms with E-state index in [-0.39, 0.29) is 23.1 Å². The molecule has 0 aliphatic heterocycles. The van der Waals surface area contributed by atoms with Gasteiger partial charge in [-0.15, -0.1) is 0 Å². The van der Waals surface area contributed by atoms with Crippen molar-refractivity contribution in [2.75, 3.05) is 0 Å². The quantitative estimate of drug-likeness (QED) is 0.215. The molecule has 1 aliphatic rings. The highest BCUT2D eigenvalue weighted by Gasteiger charge is 2.30. The van der Waals surface area contributed by atoms with Crippen molar-refractivity contribution in [3.8, 4) is 5.69 Å². The summed E-state index contributed by atoms with van der Waals surface area (Å²) in [6.07, 6.45) is 5.24. The largest absolute Gasteiger partial charge is 0.291 e. The lowest BCUT2D eigenvalue weighted by atomic mass is 9.83. The zero-order chi connectivity index (χ0) is 24.7. The van der Waals surface area contributed by atoms with Gasteiger partial charge in [-0.05, 0) is 67.6 Å². The number of halogens is 4. The summed E-state index contributed by atoms with van der Waals surface area (Å²) in [4.78, 5) is 4.91. The van der Waals surface area contributed by atoms with Crippen molar-refractivity contribution in [3.63, 3.8) is 0 Å². The predicted molar refractivity (Wildman–Crippen MR) is 132 cm³/mol. The molecule has 5 rings (SSSR count). The Morgan fingerprint density at radius 3 is 2.49 bits per heavy atom. The highest BCUT2D eigenvalue weighted by molar-refractivity contribution is 7.98. The van der Waals surface area contributed by atoms with Crippen molar-refractivity contribution in [3.05, 3.63) is 105 Å². The summed E-state index contributed by atoms with van der Waals surface area (Å²) < 4.78 is 46.1. The van der Waals surface area contributed by atoms with Crippen LogP contribution in [0, 0.1) is 24.4 Å². The highest BCUT2D eigenvalue weighted by Crippen LogP contribution is 2.41. The summed E-state index contributed by atoms with van der Waals surface area (Å²) in [7, 11) is 1.58. The molecule has 0 fully saturated rings. The number of aryl methyl sites for hydroxylation is 3. The van der Waals surface area contributed by atoms with E-state index in [2.05, 4.69) is 6.07 Å². The van der Waals surface area contributed by atoms with Crippen LogP contribution in [0.5, 0.6) is 0 Å². The summed E-state index contributed by atoms with van der Waals surface area (Å²) in [6, 6.07) is 12.3. The molecule has 2 heterocycles. The fourth-order valence-corrected chi connectivity index (χ4v) is 5.87. The van der Waals surface area contributed by atoms with Gasteiger partial charge in [0, 0.05) is 27.9 Å². The molecule has 4 aromatic rings. The Hall–Kier alpha value is -2.77. The number of imidazole rings is 1. The maximum atomic E-state index is 14.5. The van der Waals surface area contributed by atoms with Gasteiger partial charge in [-0.1, -0.05) is 35.5 Å². The molecule has 8 heteroatoms. The summed E-state index contributed by atoms with van der Waals surface area (Å²) in [5.74, 6) is -1.37. The lowest BCUT2D eigenvalue weighted by molar-refractivity contribution is -0.674. The Morgan fingerprint density at radius 1 is 1.09 bits per heavy atom. The van der Waals surface area contributed by atoms with Crippen molar-refractivity contribution >= 4 is 23.4 Å². The van der Waals surface area contributed by atoms with Crippen molar-refractivity contribution in [1.29, 1.82) is 0 Å². The van der Waals surface area contributed by atoms with Gasteiger partial charge in [0.1, 0.15) is 12.9 Å². The molecule has 2 aromatic carbocycles. The number of pyridine rings is 1. The van der Waals surface area contributed by atoms with Crippen molar-refractivity contribution < 1.29 is 17.7 Å². The Bertz CT molecular complexity index is 1380. The molecule has 0 bridgehead atoms. The van der Waals surface area contributed by atoms with Crippen molar-refractivity contribution in [2.24, 2.45) is 7.05 Å². The normalized spacial score (nSPS) is 15.3. The minimum Gasteiger partial charge on any atom is -0.291 e. The van der Waals surface area contributed by atoms with Gasteiger partial charge >= 0.3 is 0 Å². The van der Waals surface area contributed by atoms with Crippen LogP contribution in [0.3, 0.4) is 0 Å². The van der Waals surface area contributed by atoms with E-state index in [1.165, 1.54) is 40.9 Å². The standard InChI is InChI=1S/C27H24ClF3N3S/c1-16-12-17(6-11-22(16)28)20-4-3-5-25-26(20)34(19-9-7-18(29)8-10-19)27(32-25)35-15-21-23(30)13-33(2)14-24(21)31/h6-14,20H,3-5,15H2,1-2H3/q+1. The van der Waals surface area contributed by atoms with E-state index in [1.807, 2.05) is 23.6 Å². The second-order valence-corrected chi connectivity index (χ2v) is 10.2. The van der Waals surface area contributed by atoms with Gasteiger partial charge < -0.3 is 0 Å². The first-order chi connectivity index (χ1) is 16.8. The second-order valence-electron chi connectivity index (χ2n) is 8.88. The number of fused-ring (bicyclic) bond motifs is 1. The van der Waals surface area contributed by atoms with Crippen LogP contribution in [0.2, 0.25) is 5.02 Å². The molecule has 180 valence electrons. The third kappa shape index (κ3) is 4.71. The van der Waals surface area contributed by atoms with E-state index < -0.39 is 11.6 Å². The number of nitrogens with zero attached hydrogens (tertiary/aromatic N) is 3. The summed E-state index contributed by atoms with van der Waals surface area (Å²) in [6.45, 7) is 1.98. The monoisotopic (exact) mass is 514 g/mol. The molecular weight excluding hydrogens is 491 g/mol. The summed E-state index contributed by atoms with van der Waals surface area (Å²) in [5, 5.41) is 1.35. The average Bonchev–Trinajstić information content (AvgIpc) is 3.19. The highest BCUT2D eigenvalue weighted by atomic mass is 35.5.